The summed E-state index contributed by atoms with van der Waals surface area (Å²) in [6, 6.07) is 50.5. The van der Waals surface area contributed by atoms with Crippen LogP contribution in [-0.4, -0.2) is 9.55 Å². The molecule has 2 nitrogen and oxygen atoms in total. The Morgan fingerprint density at radius 3 is 1.55 bits per heavy atom. The number of aromatic nitrogens is 2. The maximum atomic E-state index is 5.50. The molecule has 0 spiro atoms. The normalized spacial score (nSPS) is 16.2. The van der Waals surface area contributed by atoms with E-state index in [1.165, 1.54) is 141 Å². The smallest absolute Gasteiger partial charge is 0.0795 e. The Hall–Kier alpha value is -5.47. The fourth-order valence-electron chi connectivity index (χ4n) is 10.3. The first-order chi connectivity index (χ1) is 26.3. The minimum absolute atomic E-state index is 0.676. The molecular weight excluding hydrogens is 641 g/mol. The molecule has 2 aromatic heterocycles. The van der Waals surface area contributed by atoms with Crippen LogP contribution in [0.15, 0.2) is 133 Å². The predicted octanol–water partition coefficient (Wildman–Crippen LogP) is 14.6. The average molecular weight is 685 g/mol. The van der Waals surface area contributed by atoms with Crippen LogP contribution in [-0.2, 0) is 0 Å². The summed E-state index contributed by atoms with van der Waals surface area (Å²) in [5.41, 5.74) is 10.1. The van der Waals surface area contributed by atoms with Crippen LogP contribution in [0.3, 0.4) is 0 Å². The highest BCUT2D eigenvalue weighted by molar-refractivity contribution is 6.33. The van der Waals surface area contributed by atoms with Crippen molar-refractivity contribution in [3.05, 3.63) is 145 Å². The van der Waals surface area contributed by atoms with Gasteiger partial charge in [-0.15, -0.1) is 0 Å². The molecule has 7 aromatic carbocycles. The van der Waals surface area contributed by atoms with Crippen LogP contribution < -0.4 is 0 Å². The highest BCUT2D eigenvalue weighted by Crippen LogP contribution is 2.44. The van der Waals surface area contributed by atoms with Crippen molar-refractivity contribution in [3.8, 4) is 16.9 Å². The fourth-order valence-corrected chi connectivity index (χ4v) is 10.3. The summed E-state index contributed by atoms with van der Waals surface area (Å²) in [4.78, 5) is 5.50. The Morgan fingerprint density at radius 1 is 0.415 bits per heavy atom. The second kappa shape index (κ2) is 12.6. The molecular formula is C51H44N2. The van der Waals surface area contributed by atoms with Gasteiger partial charge >= 0.3 is 0 Å². The van der Waals surface area contributed by atoms with E-state index in [4.69, 9.17) is 4.98 Å². The Morgan fingerprint density at radius 2 is 0.943 bits per heavy atom. The molecule has 0 bridgehead atoms. The third-order valence-corrected chi connectivity index (χ3v) is 12.9. The van der Waals surface area contributed by atoms with E-state index in [1.807, 2.05) is 0 Å². The van der Waals surface area contributed by atoms with Gasteiger partial charge in [0.05, 0.1) is 22.2 Å². The quantitative estimate of drug-likeness (QED) is 0.169. The lowest BCUT2D eigenvalue weighted by molar-refractivity contribution is 0.444. The van der Waals surface area contributed by atoms with Gasteiger partial charge in [-0.25, -0.2) is 4.98 Å². The monoisotopic (exact) mass is 684 g/mol. The highest BCUT2D eigenvalue weighted by Gasteiger charge is 2.22. The van der Waals surface area contributed by atoms with Crippen LogP contribution in [0.2, 0.25) is 0 Å². The second-order valence-electron chi connectivity index (χ2n) is 15.9. The van der Waals surface area contributed by atoms with Crippen LogP contribution in [0.4, 0.5) is 0 Å². The Kier molecular flexibility index (Phi) is 7.39. The van der Waals surface area contributed by atoms with Crippen molar-refractivity contribution in [3.63, 3.8) is 0 Å². The number of fused-ring (bicyclic) bond motifs is 11. The summed E-state index contributed by atoms with van der Waals surface area (Å²) in [7, 11) is 0. The minimum atomic E-state index is 0.676. The molecule has 2 heteroatoms. The maximum absolute atomic E-state index is 5.50. The lowest BCUT2D eigenvalue weighted by Crippen LogP contribution is -2.04. The molecule has 0 radical (unpaired) electrons. The molecule has 2 aliphatic carbocycles. The van der Waals surface area contributed by atoms with Crippen LogP contribution in [0, 0.1) is 0 Å². The number of para-hydroxylation sites is 1. The average Bonchev–Trinajstić information content (AvgIpc) is 3.57. The first-order valence-corrected chi connectivity index (χ1v) is 20.1. The van der Waals surface area contributed by atoms with Gasteiger partial charge in [0.2, 0.25) is 0 Å². The zero-order valence-electron chi connectivity index (χ0n) is 30.3. The summed E-state index contributed by atoms with van der Waals surface area (Å²) in [5, 5.41) is 11.6. The molecule has 2 saturated carbocycles. The van der Waals surface area contributed by atoms with Crippen LogP contribution in [0.25, 0.3) is 82.0 Å². The third kappa shape index (κ3) is 5.02. The number of pyridine rings is 1. The van der Waals surface area contributed by atoms with Gasteiger partial charge in [-0.1, -0.05) is 130 Å². The molecule has 9 aromatic rings. The number of hydrogen-bond acceptors (Lipinski definition) is 1. The van der Waals surface area contributed by atoms with Gasteiger partial charge in [0.1, 0.15) is 0 Å². The topological polar surface area (TPSA) is 17.8 Å². The van der Waals surface area contributed by atoms with Gasteiger partial charge in [-0.05, 0) is 113 Å². The number of rotatable bonds is 4. The first kappa shape index (κ1) is 31.1. The Bertz CT molecular complexity index is 2790. The summed E-state index contributed by atoms with van der Waals surface area (Å²) in [5.74, 6) is 1.35. The van der Waals surface area contributed by atoms with Crippen LogP contribution >= 0.6 is 0 Å². The molecule has 2 heterocycles. The highest BCUT2D eigenvalue weighted by atomic mass is 15.0. The van der Waals surface area contributed by atoms with E-state index < -0.39 is 0 Å². The number of benzene rings is 7. The zero-order chi connectivity index (χ0) is 34.9. The summed E-state index contributed by atoms with van der Waals surface area (Å²) in [6.45, 7) is 0. The molecule has 0 saturated heterocycles. The summed E-state index contributed by atoms with van der Waals surface area (Å²) < 4.78 is 2.53. The largest absolute Gasteiger partial charge is 0.309 e. The second-order valence-corrected chi connectivity index (χ2v) is 15.9. The van der Waals surface area contributed by atoms with E-state index in [2.05, 4.69) is 138 Å². The van der Waals surface area contributed by atoms with Crippen molar-refractivity contribution in [2.24, 2.45) is 0 Å². The van der Waals surface area contributed by atoms with E-state index in [0.717, 1.165) is 16.8 Å². The fraction of sp³-hybridized carbons (Fsp3) is 0.235. The molecule has 0 aliphatic heterocycles. The van der Waals surface area contributed by atoms with Gasteiger partial charge in [-0.3, -0.25) is 0 Å². The summed E-state index contributed by atoms with van der Waals surface area (Å²) >= 11 is 0. The Balaban J connectivity index is 1.16. The van der Waals surface area contributed by atoms with Crippen molar-refractivity contribution in [2.45, 2.75) is 76.0 Å². The van der Waals surface area contributed by atoms with Crippen molar-refractivity contribution in [1.29, 1.82) is 0 Å². The summed E-state index contributed by atoms with van der Waals surface area (Å²) in [6.07, 6.45) is 13.4. The van der Waals surface area contributed by atoms with Crippen molar-refractivity contribution < 1.29 is 0 Å². The minimum Gasteiger partial charge on any atom is -0.309 e. The van der Waals surface area contributed by atoms with Crippen molar-refractivity contribution in [2.75, 3.05) is 0 Å². The lowest BCUT2D eigenvalue weighted by atomic mass is 9.83. The van der Waals surface area contributed by atoms with Crippen molar-refractivity contribution in [1.82, 2.24) is 9.55 Å². The maximum Gasteiger partial charge on any atom is 0.0795 e. The van der Waals surface area contributed by atoms with Crippen LogP contribution in [0.1, 0.15) is 87.2 Å². The lowest BCUT2D eigenvalue weighted by Gasteiger charge is -2.22. The van der Waals surface area contributed by atoms with Crippen molar-refractivity contribution >= 4 is 65.0 Å². The molecule has 0 atom stereocenters. The van der Waals surface area contributed by atoms with E-state index in [0.29, 0.717) is 11.8 Å². The molecule has 0 amide bonds. The molecule has 2 aliphatic rings. The molecule has 2 fully saturated rings. The molecule has 0 N–H and O–H groups in total. The van der Waals surface area contributed by atoms with E-state index in [-0.39, 0.29) is 0 Å². The SMILES string of the molecule is c1cc(-c2nc3ccccc3c3c4ccccc4c4ccccc4c23)cc(-n2c3ccc(C4CCCCC4)cc3c3cc(C4CCCCC4)ccc32)c1. The van der Waals surface area contributed by atoms with Gasteiger partial charge in [-0.2, -0.15) is 0 Å². The molecule has 11 rings (SSSR count). The van der Waals surface area contributed by atoms with Gasteiger partial charge in [0.25, 0.3) is 0 Å². The van der Waals surface area contributed by atoms with Gasteiger partial charge < -0.3 is 4.57 Å². The molecule has 0 unspecified atom stereocenters. The standard InChI is InChI=1S/C51H44N2/c1-3-14-33(15-4-1)35-26-28-47-44(31-35)45-32-36(34-16-5-2-6-17-34)27-29-48(45)53(47)38-19-13-18-37(30-38)51-50-42-23-10-8-21-40(42)39-20-7-9-22-41(39)49(50)43-24-11-12-25-46(43)52-51/h7-13,18-34H,1-6,14-17H2. The first-order valence-electron chi connectivity index (χ1n) is 20.1. The predicted molar refractivity (Wildman–Crippen MR) is 226 cm³/mol. The molecule has 53 heavy (non-hydrogen) atoms. The third-order valence-electron chi connectivity index (χ3n) is 12.9. The number of nitrogens with zero attached hydrogens (tertiary/aromatic N) is 2. The Labute approximate surface area is 311 Å². The van der Waals surface area contributed by atoms with E-state index in [1.54, 1.807) is 0 Å². The van der Waals surface area contributed by atoms with E-state index >= 15 is 0 Å². The van der Waals surface area contributed by atoms with Crippen LogP contribution in [0.5, 0.6) is 0 Å². The molecule has 258 valence electrons. The van der Waals surface area contributed by atoms with Gasteiger partial charge in [0.15, 0.2) is 0 Å². The number of hydrogen-bond donors (Lipinski definition) is 0. The van der Waals surface area contributed by atoms with E-state index in [9.17, 15) is 0 Å². The zero-order valence-corrected chi connectivity index (χ0v) is 30.3. The van der Waals surface area contributed by atoms with Gasteiger partial charge in [0, 0.05) is 38.2 Å².